The Balaban J connectivity index is 1.88. The van der Waals surface area contributed by atoms with Gasteiger partial charge in [0.2, 0.25) is 5.91 Å². The number of ether oxygens (including phenoxy) is 1. The van der Waals surface area contributed by atoms with E-state index in [1.807, 2.05) is 24.3 Å². The number of aryl methyl sites for hydroxylation is 1. The lowest BCUT2D eigenvalue weighted by molar-refractivity contribution is -0.141. The van der Waals surface area contributed by atoms with E-state index in [0.717, 1.165) is 16.9 Å². The van der Waals surface area contributed by atoms with Crippen LogP contribution < -0.4 is 15.8 Å². The Morgan fingerprint density at radius 3 is 2.24 bits per heavy atom. The fourth-order valence-corrected chi connectivity index (χ4v) is 2.41. The second-order valence-electron chi connectivity index (χ2n) is 5.75. The number of aliphatic carboxylic acids is 1. The van der Waals surface area contributed by atoms with Gasteiger partial charge >= 0.3 is 5.97 Å². The van der Waals surface area contributed by atoms with Crippen molar-refractivity contribution in [2.75, 3.05) is 12.8 Å². The molecule has 0 saturated heterocycles. The number of rotatable bonds is 8. The molecule has 25 heavy (non-hydrogen) atoms. The molecule has 2 aromatic carbocycles. The number of nitrogens with one attached hydrogen (secondary N) is 1. The maximum atomic E-state index is 12.1. The minimum absolute atomic E-state index is 0.212. The lowest BCUT2D eigenvalue weighted by Gasteiger charge is -2.15. The second-order valence-corrected chi connectivity index (χ2v) is 5.75. The number of hydrogen-bond acceptors (Lipinski definition) is 4. The van der Waals surface area contributed by atoms with Crippen LogP contribution in [0.15, 0.2) is 48.5 Å². The van der Waals surface area contributed by atoms with E-state index >= 15 is 0 Å². The fraction of sp³-hybridized carbons (Fsp3) is 0.263. The van der Waals surface area contributed by atoms with E-state index in [2.05, 4.69) is 5.32 Å². The van der Waals surface area contributed by atoms with Gasteiger partial charge in [0.15, 0.2) is 0 Å². The Labute approximate surface area is 146 Å². The van der Waals surface area contributed by atoms with Gasteiger partial charge in [-0.25, -0.2) is 4.79 Å². The number of hydrogen-bond donors (Lipinski definition) is 3. The molecule has 0 fully saturated rings. The molecule has 6 heteroatoms. The van der Waals surface area contributed by atoms with Crippen LogP contribution in [-0.4, -0.2) is 30.1 Å². The molecule has 1 unspecified atom stereocenters. The molecule has 132 valence electrons. The minimum atomic E-state index is -1.06. The normalized spacial score (nSPS) is 11.6. The first-order valence-electron chi connectivity index (χ1n) is 7.97. The van der Waals surface area contributed by atoms with Gasteiger partial charge in [0.25, 0.3) is 0 Å². The summed E-state index contributed by atoms with van der Waals surface area (Å²) in [7, 11) is 1.59. The Morgan fingerprint density at radius 1 is 1.08 bits per heavy atom. The Kier molecular flexibility index (Phi) is 6.39. The number of carboxylic acid groups (broad SMARTS) is 1. The van der Waals surface area contributed by atoms with E-state index in [0.29, 0.717) is 12.1 Å². The smallest absolute Gasteiger partial charge is 0.326 e. The van der Waals surface area contributed by atoms with Crippen molar-refractivity contribution in [3.63, 3.8) is 0 Å². The SMILES string of the molecule is COc1ccc(CCC(=O)NC(Cc2ccc(N)cc2)C(=O)O)cc1. The van der Waals surface area contributed by atoms with Gasteiger partial charge < -0.3 is 20.9 Å². The predicted octanol–water partition coefficient (Wildman–Crippen LogP) is 2.02. The number of carboxylic acids is 1. The highest BCUT2D eigenvalue weighted by Crippen LogP contribution is 2.13. The van der Waals surface area contributed by atoms with Gasteiger partial charge in [0.1, 0.15) is 11.8 Å². The van der Waals surface area contributed by atoms with Crippen LogP contribution in [0.1, 0.15) is 17.5 Å². The standard InChI is InChI=1S/C19H22N2O4/c1-25-16-9-4-13(5-10-16)6-11-18(22)21-17(19(23)24)12-14-2-7-15(20)8-3-14/h2-5,7-10,17H,6,11-12,20H2,1H3,(H,21,22)(H,23,24). The van der Waals surface area contributed by atoms with E-state index in [9.17, 15) is 14.7 Å². The van der Waals surface area contributed by atoms with E-state index in [1.165, 1.54) is 0 Å². The largest absolute Gasteiger partial charge is 0.497 e. The van der Waals surface area contributed by atoms with Crippen LogP contribution in [0.2, 0.25) is 0 Å². The molecule has 0 bridgehead atoms. The number of methoxy groups -OCH3 is 1. The van der Waals surface area contributed by atoms with Crippen LogP contribution in [0.25, 0.3) is 0 Å². The van der Waals surface area contributed by atoms with Crippen molar-refractivity contribution in [1.29, 1.82) is 0 Å². The summed E-state index contributed by atoms with van der Waals surface area (Å²) in [4.78, 5) is 23.5. The molecule has 0 aromatic heterocycles. The van der Waals surface area contributed by atoms with Crippen molar-refractivity contribution in [3.8, 4) is 5.75 Å². The molecule has 0 aliphatic rings. The summed E-state index contributed by atoms with van der Waals surface area (Å²) in [5.41, 5.74) is 8.02. The van der Waals surface area contributed by atoms with Gasteiger partial charge in [-0.3, -0.25) is 4.79 Å². The maximum absolute atomic E-state index is 12.1. The molecule has 2 aromatic rings. The van der Waals surface area contributed by atoms with Crippen LogP contribution in [0.4, 0.5) is 5.69 Å². The van der Waals surface area contributed by atoms with E-state index in [1.54, 1.807) is 31.4 Å². The summed E-state index contributed by atoms with van der Waals surface area (Å²) >= 11 is 0. The first-order chi connectivity index (χ1) is 12.0. The third-order valence-corrected chi connectivity index (χ3v) is 3.85. The number of nitrogens with two attached hydrogens (primary N) is 1. The van der Waals surface area contributed by atoms with Crippen molar-refractivity contribution >= 4 is 17.6 Å². The maximum Gasteiger partial charge on any atom is 0.326 e. The van der Waals surface area contributed by atoms with Crippen molar-refractivity contribution in [2.24, 2.45) is 0 Å². The molecule has 0 aliphatic carbocycles. The minimum Gasteiger partial charge on any atom is -0.497 e. The van der Waals surface area contributed by atoms with E-state index in [4.69, 9.17) is 10.5 Å². The highest BCUT2D eigenvalue weighted by atomic mass is 16.5. The van der Waals surface area contributed by atoms with Gasteiger partial charge in [-0.15, -0.1) is 0 Å². The zero-order valence-corrected chi connectivity index (χ0v) is 14.1. The second kappa shape index (κ2) is 8.73. The highest BCUT2D eigenvalue weighted by molar-refractivity contribution is 5.83. The molecule has 2 rings (SSSR count). The molecule has 0 spiro atoms. The highest BCUT2D eigenvalue weighted by Gasteiger charge is 2.20. The third-order valence-electron chi connectivity index (χ3n) is 3.85. The van der Waals surface area contributed by atoms with Gasteiger partial charge in [0, 0.05) is 18.5 Å². The lowest BCUT2D eigenvalue weighted by Crippen LogP contribution is -2.42. The van der Waals surface area contributed by atoms with Crippen molar-refractivity contribution in [3.05, 3.63) is 59.7 Å². The summed E-state index contributed by atoms with van der Waals surface area (Å²) < 4.78 is 5.09. The third kappa shape index (κ3) is 5.84. The number of anilines is 1. The van der Waals surface area contributed by atoms with Crippen LogP contribution in [0, 0.1) is 0 Å². The van der Waals surface area contributed by atoms with Crippen LogP contribution in [0.3, 0.4) is 0 Å². The lowest BCUT2D eigenvalue weighted by atomic mass is 10.0. The zero-order chi connectivity index (χ0) is 18.2. The molecular weight excluding hydrogens is 320 g/mol. The van der Waals surface area contributed by atoms with Crippen molar-refractivity contribution < 1.29 is 19.4 Å². The first-order valence-corrected chi connectivity index (χ1v) is 7.97. The number of nitrogen functional groups attached to an aromatic ring is 1. The summed E-state index contributed by atoms with van der Waals surface area (Å²) in [6.07, 6.45) is 0.964. The molecular formula is C19H22N2O4. The van der Waals surface area contributed by atoms with Crippen molar-refractivity contribution in [2.45, 2.75) is 25.3 Å². The van der Waals surface area contributed by atoms with E-state index in [-0.39, 0.29) is 18.7 Å². The molecule has 0 aliphatic heterocycles. The average Bonchev–Trinajstić information content (AvgIpc) is 2.61. The number of carbonyl (C=O) groups is 2. The van der Waals surface area contributed by atoms with Crippen molar-refractivity contribution in [1.82, 2.24) is 5.32 Å². The summed E-state index contributed by atoms with van der Waals surface area (Å²) in [6.45, 7) is 0. The first kappa shape index (κ1) is 18.3. The molecule has 0 radical (unpaired) electrons. The summed E-state index contributed by atoms with van der Waals surface area (Å²) in [5, 5.41) is 11.9. The summed E-state index contributed by atoms with van der Waals surface area (Å²) in [6, 6.07) is 13.4. The number of carbonyl (C=O) groups excluding carboxylic acids is 1. The molecule has 1 atom stereocenters. The van der Waals surface area contributed by atoms with Gasteiger partial charge in [-0.2, -0.15) is 0 Å². The number of benzene rings is 2. The van der Waals surface area contributed by atoms with Crippen LogP contribution in [0.5, 0.6) is 5.75 Å². The zero-order valence-electron chi connectivity index (χ0n) is 14.1. The molecule has 1 amide bonds. The molecule has 4 N–H and O–H groups in total. The molecule has 6 nitrogen and oxygen atoms in total. The van der Waals surface area contributed by atoms with Gasteiger partial charge in [0.05, 0.1) is 7.11 Å². The Hall–Kier alpha value is -3.02. The predicted molar refractivity (Wildman–Crippen MR) is 95.4 cm³/mol. The monoisotopic (exact) mass is 342 g/mol. The molecule has 0 saturated carbocycles. The average molecular weight is 342 g/mol. The molecule has 0 heterocycles. The Morgan fingerprint density at radius 2 is 1.68 bits per heavy atom. The Bertz CT molecular complexity index is 711. The summed E-state index contributed by atoms with van der Waals surface area (Å²) in [5.74, 6) is -0.601. The number of amides is 1. The topological polar surface area (TPSA) is 102 Å². The van der Waals surface area contributed by atoms with Crippen LogP contribution in [-0.2, 0) is 22.4 Å². The van der Waals surface area contributed by atoms with E-state index < -0.39 is 12.0 Å². The van der Waals surface area contributed by atoms with Gasteiger partial charge in [-0.05, 0) is 41.8 Å². The van der Waals surface area contributed by atoms with Crippen LogP contribution >= 0.6 is 0 Å². The fourth-order valence-electron chi connectivity index (χ4n) is 2.41. The quantitative estimate of drug-likeness (QED) is 0.637. The van der Waals surface area contributed by atoms with Gasteiger partial charge in [-0.1, -0.05) is 24.3 Å².